The lowest BCUT2D eigenvalue weighted by molar-refractivity contribution is -0.111. The lowest BCUT2D eigenvalue weighted by Gasteiger charge is -2.11. The second-order valence-electron chi connectivity index (χ2n) is 5.89. The number of nitrogens with one attached hydrogen (secondary N) is 1. The van der Waals surface area contributed by atoms with Gasteiger partial charge in [0, 0.05) is 18.5 Å². The van der Waals surface area contributed by atoms with Gasteiger partial charge in [0.25, 0.3) is 0 Å². The van der Waals surface area contributed by atoms with Crippen LogP contribution in [0.4, 0.5) is 5.69 Å². The van der Waals surface area contributed by atoms with Crippen molar-refractivity contribution in [3.8, 4) is 17.2 Å². The number of ether oxygens (including phenoxy) is 2. The van der Waals surface area contributed by atoms with Crippen LogP contribution in [0.3, 0.4) is 0 Å². The topological polar surface area (TPSA) is 80.7 Å². The molecule has 0 aliphatic rings. The highest BCUT2D eigenvalue weighted by atomic mass is 35.5. The largest absolute Gasteiger partial charge is 0.504 e. The van der Waals surface area contributed by atoms with Gasteiger partial charge in [0.15, 0.2) is 11.5 Å². The summed E-state index contributed by atoms with van der Waals surface area (Å²) in [7, 11) is 1.48. The van der Waals surface area contributed by atoms with Gasteiger partial charge in [-0.1, -0.05) is 18.2 Å². The van der Waals surface area contributed by atoms with Crippen molar-refractivity contribution in [3.05, 3.63) is 84.2 Å². The molecule has 0 spiro atoms. The van der Waals surface area contributed by atoms with Gasteiger partial charge in [-0.05, 0) is 53.6 Å². The summed E-state index contributed by atoms with van der Waals surface area (Å²) >= 11 is 0. The summed E-state index contributed by atoms with van der Waals surface area (Å²) in [4.78, 5) is 16.2. The van der Waals surface area contributed by atoms with E-state index in [4.69, 9.17) is 9.47 Å². The maximum absolute atomic E-state index is 12.3. The molecule has 2 N–H and O–H groups in total. The van der Waals surface area contributed by atoms with Crippen LogP contribution in [-0.2, 0) is 11.4 Å². The molecule has 0 fully saturated rings. The van der Waals surface area contributed by atoms with E-state index >= 15 is 0 Å². The summed E-state index contributed by atoms with van der Waals surface area (Å²) in [5.41, 5.74) is 2.23. The van der Waals surface area contributed by atoms with Gasteiger partial charge in [0.1, 0.15) is 12.4 Å². The average molecular weight is 413 g/mol. The third-order valence-corrected chi connectivity index (χ3v) is 3.92. The third-order valence-electron chi connectivity index (χ3n) is 3.92. The van der Waals surface area contributed by atoms with Gasteiger partial charge in [-0.25, -0.2) is 0 Å². The lowest BCUT2D eigenvalue weighted by atomic mass is 10.2. The van der Waals surface area contributed by atoms with Crippen LogP contribution in [0.25, 0.3) is 6.08 Å². The Morgan fingerprint density at radius 2 is 1.86 bits per heavy atom. The van der Waals surface area contributed by atoms with Crippen molar-refractivity contribution < 1.29 is 19.4 Å². The van der Waals surface area contributed by atoms with E-state index < -0.39 is 0 Å². The molecule has 1 heterocycles. The van der Waals surface area contributed by atoms with Crippen molar-refractivity contribution in [2.24, 2.45) is 0 Å². The van der Waals surface area contributed by atoms with Gasteiger partial charge in [0.2, 0.25) is 5.91 Å². The quantitative estimate of drug-likeness (QED) is 0.560. The van der Waals surface area contributed by atoms with E-state index in [1.54, 1.807) is 42.7 Å². The number of methoxy groups -OCH3 is 1. The molecule has 6 nitrogen and oxygen atoms in total. The third kappa shape index (κ3) is 6.26. The van der Waals surface area contributed by atoms with Crippen LogP contribution in [0.5, 0.6) is 17.2 Å². The first-order valence-corrected chi connectivity index (χ1v) is 8.62. The highest BCUT2D eigenvalue weighted by molar-refractivity contribution is 6.02. The fraction of sp³-hybridized carbons (Fsp3) is 0.0909. The Kier molecular flexibility index (Phi) is 8.06. The molecule has 0 aliphatic carbocycles. The molecule has 0 saturated carbocycles. The molecule has 0 saturated heterocycles. The van der Waals surface area contributed by atoms with Gasteiger partial charge >= 0.3 is 0 Å². The zero-order valence-corrected chi connectivity index (χ0v) is 16.6. The number of aromatic nitrogens is 1. The van der Waals surface area contributed by atoms with Crippen molar-refractivity contribution in [1.82, 2.24) is 4.98 Å². The monoisotopic (exact) mass is 412 g/mol. The normalized spacial score (nSPS) is 10.2. The summed E-state index contributed by atoms with van der Waals surface area (Å²) < 4.78 is 10.8. The molecule has 3 rings (SSSR count). The minimum atomic E-state index is -0.310. The Morgan fingerprint density at radius 1 is 1.10 bits per heavy atom. The van der Waals surface area contributed by atoms with Crippen molar-refractivity contribution >= 4 is 30.1 Å². The first-order chi connectivity index (χ1) is 13.7. The van der Waals surface area contributed by atoms with E-state index in [1.165, 1.54) is 19.3 Å². The maximum atomic E-state index is 12.3. The lowest BCUT2D eigenvalue weighted by Crippen LogP contribution is -2.09. The van der Waals surface area contributed by atoms with Crippen LogP contribution in [0.15, 0.2) is 73.1 Å². The van der Waals surface area contributed by atoms with E-state index in [2.05, 4.69) is 10.3 Å². The number of para-hydroxylation sites is 2. The predicted octanol–water partition coefficient (Wildman–Crippen LogP) is 4.45. The minimum Gasteiger partial charge on any atom is -0.504 e. The van der Waals surface area contributed by atoms with Crippen LogP contribution in [0.1, 0.15) is 11.1 Å². The second kappa shape index (κ2) is 10.7. The number of anilines is 1. The number of aromatic hydroxyl groups is 1. The Labute approximate surface area is 175 Å². The highest BCUT2D eigenvalue weighted by Crippen LogP contribution is 2.27. The zero-order valence-electron chi connectivity index (χ0n) is 15.7. The second-order valence-corrected chi connectivity index (χ2v) is 5.89. The number of hydrogen-bond donors (Lipinski definition) is 2. The molecule has 1 amide bonds. The smallest absolute Gasteiger partial charge is 0.248 e. The van der Waals surface area contributed by atoms with Crippen LogP contribution in [-0.4, -0.2) is 23.1 Å². The number of nitrogens with zero attached hydrogens (tertiary/aromatic N) is 1. The number of hydrogen-bond acceptors (Lipinski definition) is 5. The van der Waals surface area contributed by atoms with Crippen molar-refractivity contribution in [2.75, 3.05) is 12.4 Å². The summed E-state index contributed by atoms with van der Waals surface area (Å²) in [5, 5.41) is 12.6. The number of pyridine rings is 1. The van der Waals surface area contributed by atoms with E-state index in [-0.39, 0.29) is 24.1 Å². The summed E-state index contributed by atoms with van der Waals surface area (Å²) in [6.07, 6.45) is 6.40. The number of phenols is 1. The molecular weight excluding hydrogens is 392 g/mol. The first-order valence-electron chi connectivity index (χ1n) is 8.62. The fourth-order valence-electron chi connectivity index (χ4n) is 2.49. The summed E-state index contributed by atoms with van der Waals surface area (Å²) in [6.45, 7) is 0.371. The highest BCUT2D eigenvalue weighted by Gasteiger charge is 2.06. The molecule has 0 atom stereocenters. The molecule has 0 unspecified atom stereocenters. The molecular formula is C22H21ClN2O4. The van der Waals surface area contributed by atoms with Crippen molar-refractivity contribution in [3.63, 3.8) is 0 Å². The van der Waals surface area contributed by atoms with E-state index in [9.17, 15) is 9.90 Å². The predicted molar refractivity (Wildman–Crippen MR) is 115 cm³/mol. The number of halogens is 1. The summed E-state index contributed by atoms with van der Waals surface area (Å²) in [6, 6.07) is 15.9. The molecule has 3 aromatic rings. The Hall–Kier alpha value is -3.51. The van der Waals surface area contributed by atoms with E-state index in [1.807, 2.05) is 24.3 Å². The number of benzene rings is 2. The van der Waals surface area contributed by atoms with Crippen LogP contribution in [0.2, 0.25) is 0 Å². The Bertz CT molecular complexity index is 978. The number of carbonyl (C=O) groups is 1. The number of phenolic OH excluding ortho intramolecular Hbond substituents is 1. The number of rotatable bonds is 7. The molecule has 0 radical (unpaired) electrons. The van der Waals surface area contributed by atoms with Crippen LogP contribution in [0, 0.1) is 0 Å². The number of carbonyl (C=O) groups excluding carboxylic acids is 1. The van der Waals surface area contributed by atoms with Gasteiger partial charge in [-0.15, -0.1) is 12.4 Å². The van der Waals surface area contributed by atoms with Crippen LogP contribution < -0.4 is 14.8 Å². The van der Waals surface area contributed by atoms with Gasteiger partial charge in [0.05, 0.1) is 12.8 Å². The van der Waals surface area contributed by atoms with Crippen molar-refractivity contribution in [1.29, 1.82) is 0 Å². The Balaban J connectivity index is 0.00000300. The molecule has 7 heteroatoms. The van der Waals surface area contributed by atoms with Crippen molar-refractivity contribution in [2.45, 2.75) is 6.61 Å². The van der Waals surface area contributed by atoms with Gasteiger partial charge < -0.3 is 19.9 Å². The zero-order chi connectivity index (χ0) is 19.8. The molecule has 2 aromatic carbocycles. The molecule has 0 bridgehead atoms. The van der Waals surface area contributed by atoms with E-state index in [0.717, 1.165) is 5.56 Å². The van der Waals surface area contributed by atoms with Gasteiger partial charge in [-0.3, -0.25) is 9.78 Å². The SMILES string of the molecule is COc1ccc(C=CC(=O)Nc2ccccc2OCc2ccncc2)cc1O.Cl. The van der Waals surface area contributed by atoms with Crippen LogP contribution >= 0.6 is 12.4 Å². The molecule has 0 aliphatic heterocycles. The number of amides is 1. The summed E-state index contributed by atoms with van der Waals surface area (Å²) in [5.74, 6) is 0.653. The Morgan fingerprint density at radius 3 is 2.59 bits per heavy atom. The standard InChI is InChI=1S/C22H20N2O4.ClH/c1-27-21-8-6-16(14-19(21)25)7-9-22(26)24-18-4-2-3-5-20(18)28-15-17-10-12-23-13-11-17;/h2-14,25H,15H2,1H3,(H,24,26);1H. The average Bonchev–Trinajstić information content (AvgIpc) is 2.72. The fourth-order valence-corrected chi connectivity index (χ4v) is 2.49. The molecule has 1 aromatic heterocycles. The minimum absolute atomic E-state index is 0. The molecule has 29 heavy (non-hydrogen) atoms. The van der Waals surface area contributed by atoms with E-state index in [0.29, 0.717) is 29.4 Å². The first kappa shape index (κ1) is 21.8. The van der Waals surface area contributed by atoms with Gasteiger partial charge in [-0.2, -0.15) is 0 Å². The molecule has 150 valence electrons. The maximum Gasteiger partial charge on any atom is 0.248 e.